The molecule has 2 N–H and O–H groups in total. The molecule has 0 fully saturated rings. The van der Waals surface area contributed by atoms with Crippen molar-refractivity contribution < 1.29 is 4.39 Å². The fraction of sp³-hybridized carbons (Fsp3) is 0.250. The second-order valence-corrected chi connectivity index (χ2v) is 5.27. The highest BCUT2D eigenvalue weighted by atomic mass is 79.9. The molecule has 0 aliphatic heterocycles. The van der Waals surface area contributed by atoms with Crippen molar-refractivity contribution in [3.05, 3.63) is 44.8 Å². The van der Waals surface area contributed by atoms with E-state index in [9.17, 15) is 4.39 Å². The Kier molecular flexibility index (Phi) is 3.64. The van der Waals surface area contributed by atoms with Crippen LogP contribution in [0.2, 0.25) is 5.02 Å². The number of hydrogen-bond acceptors (Lipinski definition) is 2. The van der Waals surface area contributed by atoms with Gasteiger partial charge in [-0.15, -0.1) is 0 Å². The summed E-state index contributed by atoms with van der Waals surface area (Å²) in [4.78, 5) is 0. The molecule has 18 heavy (non-hydrogen) atoms. The van der Waals surface area contributed by atoms with E-state index in [1.165, 1.54) is 12.1 Å². The van der Waals surface area contributed by atoms with Gasteiger partial charge in [-0.3, -0.25) is 0 Å². The maximum atomic E-state index is 13.0. The van der Waals surface area contributed by atoms with E-state index in [-0.39, 0.29) is 11.9 Å². The topological polar surface area (TPSA) is 43.8 Å². The predicted molar refractivity (Wildman–Crippen MR) is 74.3 cm³/mol. The summed E-state index contributed by atoms with van der Waals surface area (Å²) in [5.74, 6) is 0.169. The number of nitrogens with two attached hydrogens (primary N) is 1. The van der Waals surface area contributed by atoms with Crippen molar-refractivity contribution in [2.45, 2.75) is 19.9 Å². The SMILES string of the molecule is Cc1nn(C(C)c2ccc(F)cc2Cl)c(N)c1Br. The molecule has 0 bridgehead atoms. The van der Waals surface area contributed by atoms with Gasteiger partial charge < -0.3 is 5.73 Å². The molecule has 2 rings (SSSR count). The first-order chi connectivity index (χ1) is 8.41. The molecule has 0 spiro atoms. The lowest BCUT2D eigenvalue weighted by Gasteiger charge is -2.15. The van der Waals surface area contributed by atoms with Crippen LogP contribution in [0.15, 0.2) is 22.7 Å². The first kappa shape index (κ1) is 13.4. The second-order valence-electron chi connectivity index (χ2n) is 4.07. The lowest BCUT2D eigenvalue weighted by molar-refractivity contribution is 0.566. The molecule has 1 aromatic heterocycles. The van der Waals surface area contributed by atoms with E-state index in [0.717, 1.165) is 15.7 Å². The van der Waals surface area contributed by atoms with Gasteiger partial charge in [-0.1, -0.05) is 17.7 Å². The van der Waals surface area contributed by atoms with Crippen LogP contribution in [0, 0.1) is 12.7 Å². The maximum Gasteiger partial charge on any atom is 0.137 e. The van der Waals surface area contributed by atoms with Crippen molar-refractivity contribution in [1.82, 2.24) is 9.78 Å². The molecular weight excluding hydrogens is 321 g/mol. The van der Waals surface area contributed by atoms with Crippen molar-refractivity contribution in [2.24, 2.45) is 0 Å². The minimum Gasteiger partial charge on any atom is -0.383 e. The van der Waals surface area contributed by atoms with Gasteiger partial charge in [0.25, 0.3) is 0 Å². The molecule has 1 unspecified atom stereocenters. The number of halogens is 3. The molecule has 1 heterocycles. The van der Waals surface area contributed by atoms with E-state index >= 15 is 0 Å². The molecule has 2 aromatic rings. The number of benzene rings is 1. The van der Waals surface area contributed by atoms with Gasteiger partial charge in [-0.2, -0.15) is 5.10 Å². The van der Waals surface area contributed by atoms with E-state index in [1.54, 1.807) is 10.7 Å². The fourth-order valence-corrected chi connectivity index (χ4v) is 2.40. The molecule has 0 saturated carbocycles. The smallest absolute Gasteiger partial charge is 0.137 e. The number of aryl methyl sites for hydroxylation is 1. The number of rotatable bonds is 2. The van der Waals surface area contributed by atoms with Gasteiger partial charge in [0.1, 0.15) is 11.6 Å². The van der Waals surface area contributed by atoms with E-state index in [1.807, 2.05) is 13.8 Å². The number of nitrogen functional groups attached to an aromatic ring is 1. The number of anilines is 1. The fourth-order valence-electron chi connectivity index (χ4n) is 1.81. The first-order valence-electron chi connectivity index (χ1n) is 5.37. The summed E-state index contributed by atoms with van der Waals surface area (Å²) in [5.41, 5.74) is 7.54. The maximum absolute atomic E-state index is 13.0. The Labute approximate surface area is 118 Å². The van der Waals surface area contributed by atoms with Crippen molar-refractivity contribution in [1.29, 1.82) is 0 Å². The van der Waals surface area contributed by atoms with E-state index < -0.39 is 0 Å². The van der Waals surface area contributed by atoms with Crippen molar-refractivity contribution >= 4 is 33.3 Å². The highest BCUT2D eigenvalue weighted by Crippen LogP contribution is 2.31. The first-order valence-corrected chi connectivity index (χ1v) is 6.54. The van der Waals surface area contributed by atoms with Gasteiger partial charge >= 0.3 is 0 Å². The number of nitrogens with zero attached hydrogens (tertiary/aromatic N) is 2. The molecular formula is C12H12BrClFN3. The van der Waals surface area contributed by atoms with Crippen molar-refractivity contribution in [2.75, 3.05) is 5.73 Å². The largest absolute Gasteiger partial charge is 0.383 e. The average molecular weight is 333 g/mol. The summed E-state index contributed by atoms with van der Waals surface area (Å²) < 4.78 is 15.5. The number of aromatic nitrogens is 2. The molecule has 0 aliphatic rings. The summed E-state index contributed by atoms with van der Waals surface area (Å²) in [7, 11) is 0. The zero-order valence-corrected chi connectivity index (χ0v) is 12.3. The molecule has 0 saturated heterocycles. The Morgan fingerprint density at radius 3 is 2.67 bits per heavy atom. The third-order valence-electron chi connectivity index (χ3n) is 2.83. The zero-order valence-electron chi connectivity index (χ0n) is 9.92. The van der Waals surface area contributed by atoms with Crippen LogP contribution in [-0.2, 0) is 0 Å². The summed E-state index contributed by atoms with van der Waals surface area (Å²) in [6.45, 7) is 3.77. The van der Waals surface area contributed by atoms with Crippen LogP contribution in [0.25, 0.3) is 0 Å². The Bertz CT molecular complexity index is 597. The van der Waals surface area contributed by atoms with Gasteiger partial charge in [-0.25, -0.2) is 9.07 Å². The summed E-state index contributed by atoms with van der Waals surface area (Å²) in [6.07, 6.45) is 0. The predicted octanol–water partition coefficient (Wildman–Crippen LogP) is 3.94. The molecule has 6 heteroatoms. The van der Waals surface area contributed by atoms with Crippen LogP contribution in [-0.4, -0.2) is 9.78 Å². The highest BCUT2D eigenvalue weighted by Gasteiger charge is 2.18. The monoisotopic (exact) mass is 331 g/mol. The summed E-state index contributed by atoms with van der Waals surface area (Å²) >= 11 is 9.41. The average Bonchev–Trinajstić information content (AvgIpc) is 2.56. The van der Waals surface area contributed by atoms with E-state index in [4.69, 9.17) is 17.3 Å². The Morgan fingerprint density at radius 2 is 2.17 bits per heavy atom. The Balaban J connectivity index is 2.47. The highest BCUT2D eigenvalue weighted by molar-refractivity contribution is 9.10. The molecule has 1 atom stereocenters. The molecule has 0 radical (unpaired) electrons. The Morgan fingerprint density at radius 1 is 1.50 bits per heavy atom. The van der Waals surface area contributed by atoms with E-state index in [2.05, 4.69) is 21.0 Å². The third kappa shape index (κ3) is 2.24. The molecule has 0 aliphatic carbocycles. The standard InChI is InChI=1S/C12H12BrClFN3/c1-6-11(13)12(16)18(17-6)7(2)9-4-3-8(15)5-10(9)14/h3-5,7H,16H2,1-2H3. The van der Waals surface area contributed by atoms with Crippen LogP contribution < -0.4 is 5.73 Å². The van der Waals surface area contributed by atoms with E-state index in [0.29, 0.717) is 10.8 Å². The zero-order chi connectivity index (χ0) is 13.4. The van der Waals surface area contributed by atoms with Crippen molar-refractivity contribution in [3.63, 3.8) is 0 Å². The lowest BCUT2D eigenvalue weighted by Crippen LogP contribution is -2.12. The van der Waals surface area contributed by atoms with Crippen LogP contribution in [0.3, 0.4) is 0 Å². The van der Waals surface area contributed by atoms with Gasteiger partial charge in [-0.05, 0) is 47.5 Å². The molecule has 0 amide bonds. The van der Waals surface area contributed by atoms with Crippen LogP contribution >= 0.6 is 27.5 Å². The minimum atomic E-state index is -0.359. The summed E-state index contributed by atoms with van der Waals surface area (Å²) in [5, 5.41) is 4.71. The molecule has 1 aromatic carbocycles. The quantitative estimate of drug-likeness (QED) is 0.905. The van der Waals surface area contributed by atoms with Crippen LogP contribution in [0.1, 0.15) is 24.2 Å². The normalized spacial score (nSPS) is 12.7. The summed E-state index contributed by atoms with van der Waals surface area (Å²) in [6, 6.07) is 4.14. The third-order valence-corrected chi connectivity index (χ3v) is 4.13. The van der Waals surface area contributed by atoms with Crippen LogP contribution in [0.4, 0.5) is 10.2 Å². The van der Waals surface area contributed by atoms with Gasteiger partial charge in [0.2, 0.25) is 0 Å². The van der Waals surface area contributed by atoms with Gasteiger partial charge in [0.15, 0.2) is 0 Å². The number of hydrogen-bond donors (Lipinski definition) is 1. The van der Waals surface area contributed by atoms with Crippen molar-refractivity contribution in [3.8, 4) is 0 Å². The van der Waals surface area contributed by atoms with Gasteiger partial charge in [0.05, 0.1) is 16.2 Å². The van der Waals surface area contributed by atoms with Crippen LogP contribution in [0.5, 0.6) is 0 Å². The minimum absolute atomic E-state index is 0.164. The molecule has 3 nitrogen and oxygen atoms in total. The second kappa shape index (κ2) is 4.90. The van der Waals surface area contributed by atoms with Gasteiger partial charge in [0, 0.05) is 5.02 Å². The lowest BCUT2D eigenvalue weighted by atomic mass is 10.1. The molecule has 96 valence electrons. The Hall–Kier alpha value is -1.07.